The number of hydrogen-bond donors (Lipinski definition) is 1. The summed E-state index contributed by atoms with van der Waals surface area (Å²) in [4.78, 5) is 41.2. The first-order chi connectivity index (χ1) is 48.5. The molecule has 0 bridgehead atoms. The van der Waals surface area contributed by atoms with Gasteiger partial charge in [-0.15, -0.1) is 0 Å². The van der Waals surface area contributed by atoms with E-state index in [1.54, 1.807) is 0 Å². The fraction of sp³-hybridized carbons (Fsp3) is 0.628. The second kappa shape index (κ2) is 36.2. The summed E-state index contributed by atoms with van der Waals surface area (Å²) in [7, 11) is 0. The number of carbonyl (C=O) groups is 3. The number of rotatable bonds is 27. The van der Waals surface area contributed by atoms with Crippen LogP contribution in [0.3, 0.4) is 0 Å². The van der Waals surface area contributed by atoms with Crippen molar-refractivity contribution in [3.05, 3.63) is 144 Å². The maximum absolute atomic E-state index is 14.4. The van der Waals surface area contributed by atoms with Crippen LogP contribution in [0.5, 0.6) is 0 Å². The monoisotopic (exact) mass is 1460 g/mol. The Balaban J connectivity index is 0.953. The van der Waals surface area contributed by atoms with Crippen molar-refractivity contribution < 1.29 is 90.2 Å². The standard InChI is InChI=1S/C78H104Cl3NO19/c1-14-37-86-76(84)100-67-45(8)43(6)58(15-2)92-72(67)89-41-62-49(12)66(99-73-68(46(9)44(7)59(16-3)93-73)101-77(85)90-40-57-55-35-27-25-33-53(55)54-34-26-28-36-56(54)57)69(87-38-51-29-21-19-22-30-51)74(96-62)98-64-47(10)48(11)70(94-60(64)17-4)97-65-50(13)63(82-75(83)91-42-78(79,80)81)71(95-61(65)18-5)88-39-52-31-23-20-24-32-52/h14,19-36,43-50,57-74H,1,15-18,37-42H2,2-13H3,(H,82,83)/t43-,44+,45-,46+,47+,48?,49+,50+,58?,59?,60?,61?,62?,63?,64-,65-,66-,67?,68?,69?,70-,71+,72-,73-,74-/m0/s1. The molecule has 10 rings (SSSR count). The highest BCUT2D eigenvalue weighted by Crippen LogP contribution is 2.47. The molecule has 1 amide bonds. The number of hydrogen-bond acceptors (Lipinski definition) is 19. The van der Waals surface area contributed by atoms with Gasteiger partial charge in [0.2, 0.25) is 3.79 Å². The smallest absolute Gasteiger partial charge is 0.445 e. The van der Waals surface area contributed by atoms with Gasteiger partial charge in [-0.3, -0.25) is 0 Å². The number of ether oxygens (including phenoxy) is 16. The van der Waals surface area contributed by atoms with Crippen LogP contribution in [-0.4, -0.2) is 153 Å². The lowest BCUT2D eigenvalue weighted by Gasteiger charge is -2.52. The third-order valence-corrected chi connectivity index (χ3v) is 22.1. The van der Waals surface area contributed by atoms with Crippen LogP contribution < -0.4 is 5.32 Å². The number of alkyl carbamates (subject to hydrolysis) is 1. The van der Waals surface area contributed by atoms with Gasteiger partial charge in [-0.1, -0.05) is 240 Å². The first-order valence-electron chi connectivity index (χ1n) is 36.2. The van der Waals surface area contributed by atoms with E-state index in [1.165, 1.54) is 6.08 Å². The largest absolute Gasteiger partial charge is 0.509 e. The van der Waals surface area contributed by atoms with Crippen LogP contribution in [0.25, 0.3) is 11.1 Å². The van der Waals surface area contributed by atoms with Gasteiger partial charge in [0, 0.05) is 35.5 Å². The molecule has 6 aliphatic rings. The van der Waals surface area contributed by atoms with E-state index >= 15 is 0 Å². The number of carbonyl (C=O) groups excluding carboxylic acids is 3. The molecule has 0 spiro atoms. The van der Waals surface area contributed by atoms with E-state index in [9.17, 15) is 14.4 Å². The molecule has 5 saturated heterocycles. The normalized spacial score (nSPS) is 34.9. The first-order valence-corrected chi connectivity index (χ1v) is 37.3. The summed E-state index contributed by atoms with van der Waals surface area (Å²) in [6.45, 7) is 28.0. The van der Waals surface area contributed by atoms with Crippen LogP contribution in [-0.2, 0) is 89.0 Å². The molecule has 0 saturated carbocycles. The van der Waals surface area contributed by atoms with Crippen molar-refractivity contribution in [2.45, 2.75) is 236 Å². The average molecular weight is 1470 g/mol. The first kappa shape index (κ1) is 78.4. The van der Waals surface area contributed by atoms with E-state index in [2.05, 4.69) is 70.8 Å². The number of benzene rings is 4. The molecule has 20 nitrogen and oxygen atoms in total. The molecule has 101 heavy (non-hydrogen) atoms. The quantitative estimate of drug-likeness (QED) is 0.0254. The topological polar surface area (TPSA) is 211 Å². The molecule has 5 fully saturated rings. The Labute approximate surface area is 610 Å². The summed E-state index contributed by atoms with van der Waals surface area (Å²) in [6.07, 6.45) is -11.2. The van der Waals surface area contributed by atoms with E-state index in [1.807, 2.05) is 133 Å². The van der Waals surface area contributed by atoms with Crippen molar-refractivity contribution in [1.29, 1.82) is 0 Å². The van der Waals surface area contributed by atoms with Gasteiger partial charge in [0.15, 0.2) is 43.7 Å². The Morgan fingerprint density at radius 2 is 0.901 bits per heavy atom. The number of alkyl halides is 3. The Bertz CT molecular complexity index is 3230. The van der Waals surface area contributed by atoms with Gasteiger partial charge in [0.25, 0.3) is 0 Å². The van der Waals surface area contributed by atoms with E-state index < -0.39 is 133 Å². The maximum Gasteiger partial charge on any atom is 0.509 e. The average Bonchev–Trinajstić information content (AvgIpc) is 1.76. The van der Waals surface area contributed by atoms with Gasteiger partial charge < -0.3 is 81.1 Å². The predicted molar refractivity (Wildman–Crippen MR) is 380 cm³/mol. The van der Waals surface area contributed by atoms with Crippen LogP contribution in [0.4, 0.5) is 14.4 Å². The third-order valence-electron chi connectivity index (χ3n) is 21.7. The molecule has 5 aliphatic heterocycles. The highest BCUT2D eigenvalue weighted by atomic mass is 35.6. The second-order valence-electron chi connectivity index (χ2n) is 28.1. The van der Waals surface area contributed by atoms with Gasteiger partial charge in [0.1, 0.15) is 25.9 Å². The highest BCUT2D eigenvalue weighted by molar-refractivity contribution is 6.67. The Morgan fingerprint density at radius 3 is 1.47 bits per heavy atom. The molecule has 23 heteroatoms. The third kappa shape index (κ3) is 19.1. The summed E-state index contributed by atoms with van der Waals surface area (Å²) < 4.78 is 105. The van der Waals surface area contributed by atoms with E-state index in [0.717, 1.165) is 33.4 Å². The number of nitrogens with one attached hydrogen (secondary N) is 1. The van der Waals surface area contributed by atoms with E-state index in [4.69, 9.17) is 111 Å². The highest BCUT2D eigenvalue weighted by Gasteiger charge is 2.56. The van der Waals surface area contributed by atoms with Crippen LogP contribution >= 0.6 is 34.8 Å². The Hall–Kier alpha value is -5.14. The molecule has 1 N–H and O–H groups in total. The minimum absolute atomic E-state index is 0.00881. The molecule has 4 aromatic rings. The molecule has 25 atom stereocenters. The summed E-state index contributed by atoms with van der Waals surface area (Å²) in [5, 5.41) is 2.94. The van der Waals surface area contributed by atoms with Crippen molar-refractivity contribution in [1.82, 2.24) is 5.32 Å². The SMILES string of the molecule is C=CCOC(=O)OC1[C@@H](OCC2O[C@@H](O[C@@H]3C(CC)O[C@@H](O[C@@H]4C(CC)O[C@@H](OCc5ccccc5)C(NC(=O)OCC(Cl)(Cl)Cl)[C@H]4C)C(C)[C@H]3C)C(OCc3ccccc3)[C@@H](O[C@@H]3OC(CC)[C@H](C)[C@@H](C)C3OC(=O)OCC3c4ccccc4-c4ccccc43)[C@@H]2C)OC(CC)[C@@H](C)[C@@H]1C. The van der Waals surface area contributed by atoms with Crippen molar-refractivity contribution >= 4 is 53.2 Å². The zero-order chi connectivity index (χ0) is 72.2. The van der Waals surface area contributed by atoms with Crippen molar-refractivity contribution in [3.8, 4) is 11.1 Å². The predicted octanol–water partition coefficient (Wildman–Crippen LogP) is 15.8. The lowest BCUT2D eigenvalue weighted by Crippen LogP contribution is -2.64. The zero-order valence-electron chi connectivity index (χ0n) is 60.1. The summed E-state index contributed by atoms with van der Waals surface area (Å²) in [6, 6.07) is 35.0. The number of amides is 1. The lowest BCUT2D eigenvalue weighted by atomic mass is 9.82. The van der Waals surface area contributed by atoms with Crippen molar-refractivity contribution in [2.75, 3.05) is 26.4 Å². The minimum Gasteiger partial charge on any atom is -0.445 e. The second-order valence-corrected chi connectivity index (χ2v) is 30.6. The number of halogens is 3. The summed E-state index contributed by atoms with van der Waals surface area (Å²) in [5.74, 6) is -2.35. The zero-order valence-corrected chi connectivity index (χ0v) is 62.4. The Morgan fingerprint density at radius 1 is 0.446 bits per heavy atom. The van der Waals surface area contributed by atoms with Gasteiger partial charge in [-0.25, -0.2) is 14.4 Å². The molecular weight excluding hydrogens is 1360 g/mol. The molecular formula is C78H104Cl3NO19. The van der Waals surface area contributed by atoms with E-state index in [0.29, 0.717) is 25.7 Å². The summed E-state index contributed by atoms with van der Waals surface area (Å²) in [5.41, 5.74) is 6.14. The molecule has 10 unspecified atom stereocenters. The Kier molecular flexibility index (Phi) is 28.1. The lowest BCUT2D eigenvalue weighted by molar-refractivity contribution is -0.377. The van der Waals surface area contributed by atoms with Crippen molar-refractivity contribution in [3.63, 3.8) is 0 Å². The van der Waals surface area contributed by atoms with Crippen LogP contribution in [0.2, 0.25) is 0 Å². The molecule has 4 aromatic carbocycles. The maximum atomic E-state index is 14.4. The summed E-state index contributed by atoms with van der Waals surface area (Å²) >= 11 is 18.0. The fourth-order valence-electron chi connectivity index (χ4n) is 15.2. The molecule has 5 heterocycles. The fourth-order valence-corrected chi connectivity index (χ4v) is 15.4. The minimum atomic E-state index is -1.85. The molecule has 1 aliphatic carbocycles. The molecule has 556 valence electrons. The van der Waals surface area contributed by atoms with Crippen LogP contribution in [0, 0.1) is 47.3 Å². The van der Waals surface area contributed by atoms with E-state index in [-0.39, 0.29) is 86.7 Å². The molecule has 0 aromatic heterocycles. The van der Waals surface area contributed by atoms with Gasteiger partial charge >= 0.3 is 18.4 Å². The number of fused-ring (bicyclic) bond motifs is 3. The van der Waals surface area contributed by atoms with Gasteiger partial charge in [0.05, 0.1) is 74.7 Å². The van der Waals surface area contributed by atoms with Gasteiger partial charge in [-0.2, -0.15) is 0 Å². The van der Waals surface area contributed by atoms with Crippen LogP contribution in [0.15, 0.2) is 122 Å². The molecule has 0 radical (unpaired) electrons. The van der Waals surface area contributed by atoms with Crippen LogP contribution in [0.1, 0.15) is 137 Å². The van der Waals surface area contributed by atoms with Crippen molar-refractivity contribution in [2.24, 2.45) is 47.3 Å². The van der Waals surface area contributed by atoms with Gasteiger partial charge in [-0.05, 0) is 76.8 Å².